The molecule has 0 radical (unpaired) electrons. The van der Waals surface area contributed by atoms with Gasteiger partial charge in [0, 0.05) is 13.1 Å². The Kier molecular flexibility index (Phi) is 5.36. The second-order valence-corrected chi connectivity index (χ2v) is 4.31. The summed E-state index contributed by atoms with van der Waals surface area (Å²) in [7, 11) is 0. The summed E-state index contributed by atoms with van der Waals surface area (Å²) >= 11 is 0. The maximum Gasteiger partial charge on any atom is 0.307 e. The number of carboxylic acids is 1. The number of rotatable bonds is 6. The molecule has 0 spiro atoms. The van der Waals surface area contributed by atoms with Gasteiger partial charge in [-0.2, -0.15) is 0 Å². The van der Waals surface area contributed by atoms with Gasteiger partial charge in [-0.1, -0.05) is 24.3 Å². The van der Waals surface area contributed by atoms with Crippen LogP contribution in [0.2, 0.25) is 0 Å². The van der Waals surface area contributed by atoms with Crippen LogP contribution in [0.3, 0.4) is 0 Å². The molecule has 0 heterocycles. The standard InChI is InChI=1S/C14H19NO3/c1-3-9-15(10-4-2)13(16)11-7-5-6-8-12(11)14(17)18/h3-6,11-12H,1-2,7-10H2,(H,17,18)/t11-,12+/m1/s1. The molecule has 1 rings (SSSR count). The van der Waals surface area contributed by atoms with Crippen LogP contribution in [0.1, 0.15) is 12.8 Å². The second-order valence-electron chi connectivity index (χ2n) is 4.31. The topological polar surface area (TPSA) is 57.6 Å². The van der Waals surface area contributed by atoms with Gasteiger partial charge in [0.1, 0.15) is 0 Å². The van der Waals surface area contributed by atoms with Crippen LogP contribution < -0.4 is 0 Å². The molecule has 4 heteroatoms. The van der Waals surface area contributed by atoms with Gasteiger partial charge in [-0.3, -0.25) is 9.59 Å². The molecule has 1 amide bonds. The Hall–Kier alpha value is -1.84. The van der Waals surface area contributed by atoms with Crippen molar-refractivity contribution in [1.29, 1.82) is 0 Å². The van der Waals surface area contributed by atoms with Gasteiger partial charge in [0.15, 0.2) is 0 Å². The van der Waals surface area contributed by atoms with Gasteiger partial charge in [-0.05, 0) is 12.8 Å². The predicted molar refractivity (Wildman–Crippen MR) is 70.0 cm³/mol. The summed E-state index contributed by atoms with van der Waals surface area (Å²) < 4.78 is 0. The van der Waals surface area contributed by atoms with Crippen LogP contribution in [0, 0.1) is 11.8 Å². The number of hydrogen-bond donors (Lipinski definition) is 1. The van der Waals surface area contributed by atoms with E-state index in [4.69, 9.17) is 5.11 Å². The van der Waals surface area contributed by atoms with E-state index in [0.29, 0.717) is 25.9 Å². The molecule has 0 bridgehead atoms. The van der Waals surface area contributed by atoms with Crippen LogP contribution in [-0.4, -0.2) is 35.0 Å². The van der Waals surface area contributed by atoms with Crippen molar-refractivity contribution in [2.45, 2.75) is 12.8 Å². The first-order valence-electron chi connectivity index (χ1n) is 6.00. The molecular weight excluding hydrogens is 230 g/mol. The Morgan fingerprint density at radius 1 is 1.17 bits per heavy atom. The summed E-state index contributed by atoms with van der Waals surface area (Å²) in [5.74, 6) is -2.14. The number of amides is 1. The molecule has 2 atom stereocenters. The fourth-order valence-corrected chi connectivity index (χ4v) is 2.16. The molecule has 0 saturated heterocycles. The van der Waals surface area contributed by atoms with E-state index in [0.717, 1.165) is 0 Å². The van der Waals surface area contributed by atoms with Crippen LogP contribution in [0.25, 0.3) is 0 Å². The highest BCUT2D eigenvalue weighted by Crippen LogP contribution is 2.27. The summed E-state index contributed by atoms with van der Waals surface area (Å²) in [6, 6.07) is 0. The lowest BCUT2D eigenvalue weighted by molar-refractivity contribution is -0.150. The predicted octanol–water partition coefficient (Wildman–Crippen LogP) is 1.85. The summed E-state index contributed by atoms with van der Waals surface area (Å²) in [5, 5.41) is 9.15. The van der Waals surface area contributed by atoms with Crippen LogP contribution in [0.4, 0.5) is 0 Å². The third kappa shape index (κ3) is 3.32. The molecule has 0 unspecified atom stereocenters. The van der Waals surface area contributed by atoms with Crippen molar-refractivity contribution >= 4 is 11.9 Å². The first-order chi connectivity index (χ1) is 8.61. The monoisotopic (exact) mass is 249 g/mol. The Labute approximate surface area is 107 Å². The van der Waals surface area contributed by atoms with Crippen LogP contribution in [-0.2, 0) is 9.59 Å². The smallest absolute Gasteiger partial charge is 0.307 e. The van der Waals surface area contributed by atoms with Gasteiger partial charge in [-0.25, -0.2) is 0 Å². The molecule has 0 aliphatic heterocycles. The number of allylic oxidation sites excluding steroid dienone is 2. The quantitative estimate of drug-likeness (QED) is 0.731. The minimum atomic E-state index is -0.908. The maximum atomic E-state index is 12.3. The van der Waals surface area contributed by atoms with Crippen molar-refractivity contribution in [2.75, 3.05) is 13.1 Å². The molecule has 4 nitrogen and oxygen atoms in total. The first kappa shape index (κ1) is 14.2. The Balaban J connectivity index is 2.84. The fraction of sp³-hybridized carbons (Fsp3) is 0.429. The summed E-state index contributed by atoms with van der Waals surface area (Å²) in [4.78, 5) is 25.1. The number of carboxylic acid groups (broad SMARTS) is 1. The van der Waals surface area contributed by atoms with E-state index >= 15 is 0 Å². The largest absolute Gasteiger partial charge is 0.481 e. The van der Waals surface area contributed by atoms with Crippen molar-refractivity contribution in [3.8, 4) is 0 Å². The van der Waals surface area contributed by atoms with Crippen molar-refractivity contribution in [3.05, 3.63) is 37.5 Å². The van der Waals surface area contributed by atoms with E-state index in [1.54, 1.807) is 17.1 Å². The molecule has 1 N–H and O–H groups in total. The fourth-order valence-electron chi connectivity index (χ4n) is 2.16. The van der Waals surface area contributed by atoms with E-state index in [1.807, 2.05) is 12.2 Å². The zero-order chi connectivity index (χ0) is 13.5. The van der Waals surface area contributed by atoms with Gasteiger partial charge >= 0.3 is 5.97 Å². The summed E-state index contributed by atoms with van der Waals surface area (Å²) in [6.45, 7) is 8.04. The second kappa shape index (κ2) is 6.79. The average molecular weight is 249 g/mol. The van der Waals surface area contributed by atoms with Crippen LogP contribution in [0.5, 0.6) is 0 Å². The van der Waals surface area contributed by atoms with Gasteiger partial charge in [0.2, 0.25) is 5.91 Å². The zero-order valence-corrected chi connectivity index (χ0v) is 10.4. The van der Waals surface area contributed by atoms with E-state index < -0.39 is 17.8 Å². The normalized spacial score (nSPS) is 22.2. The van der Waals surface area contributed by atoms with Gasteiger partial charge < -0.3 is 10.0 Å². The van der Waals surface area contributed by atoms with Gasteiger partial charge in [0.25, 0.3) is 0 Å². The van der Waals surface area contributed by atoms with Crippen LogP contribution in [0.15, 0.2) is 37.5 Å². The van der Waals surface area contributed by atoms with Gasteiger partial charge in [0.05, 0.1) is 11.8 Å². The third-order valence-electron chi connectivity index (χ3n) is 3.08. The first-order valence-corrected chi connectivity index (χ1v) is 6.00. The average Bonchev–Trinajstić information content (AvgIpc) is 2.37. The van der Waals surface area contributed by atoms with E-state index in [1.165, 1.54) is 0 Å². The number of hydrogen-bond acceptors (Lipinski definition) is 2. The van der Waals surface area contributed by atoms with Crippen LogP contribution >= 0.6 is 0 Å². The lowest BCUT2D eigenvalue weighted by Crippen LogP contribution is -2.42. The zero-order valence-electron chi connectivity index (χ0n) is 10.4. The molecule has 18 heavy (non-hydrogen) atoms. The molecular formula is C14H19NO3. The summed E-state index contributed by atoms with van der Waals surface area (Å²) in [6.07, 6.45) is 7.88. The lowest BCUT2D eigenvalue weighted by atomic mass is 9.82. The number of carbonyl (C=O) groups is 2. The minimum Gasteiger partial charge on any atom is -0.481 e. The number of aliphatic carboxylic acids is 1. The highest BCUT2D eigenvalue weighted by atomic mass is 16.4. The minimum absolute atomic E-state index is 0.133. The third-order valence-corrected chi connectivity index (χ3v) is 3.08. The Morgan fingerprint density at radius 2 is 1.67 bits per heavy atom. The highest BCUT2D eigenvalue weighted by Gasteiger charge is 2.35. The maximum absolute atomic E-state index is 12.3. The molecule has 0 saturated carbocycles. The SMILES string of the molecule is C=CCN(CC=C)C(=O)[C@@H]1CC=CC[C@@H]1C(=O)O. The molecule has 0 aromatic heterocycles. The highest BCUT2D eigenvalue weighted by molar-refractivity contribution is 5.85. The Morgan fingerprint density at radius 3 is 2.11 bits per heavy atom. The molecule has 0 aromatic rings. The van der Waals surface area contributed by atoms with E-state index in [-0.39, 0.29) is 5.91 Å². The summed E-state index contributed by atoms with van der Waals surface area (Å²) in [5.41, 5.74) is 0. The molecule has 1 aliphatic carbocycles. The molecule has 98 valence electrons. The number of carbonyl (C=O) groups excluding carboxylic acids is 1. The van der Waals surface area contributed by atoms with Crippen molar-refractivity contribution in [2.24, 2.45) is 11.8 Å². The van der Waals surface area contributed by atoms with E-state index in [9.17, 15) is 9.59 Å². The van der Waals surface area contributed by atoms with Crippen molar-refractivity contribution < 1.29 is 14.7 Å². The number of nitrogens with zero attached hydrogens (tertiary/aromatic N) is 1. The molecule has 0 fully saturated rings. The van der Waals surface area contributed by atoms with E-state index in [2.05, 4.69) is 13.2 Å². The lowest BCUT2D eigenvalue weighted by Gasteiger charge is -2.29. The van der Waals surface area contributed by atoms with Gasteiger partial charge in [-0.15, -0.1) is 13.2 Å². The van der Waals surface area contributed by atoms with Crippen molar-refractivity contribution in [3.63, 3.8) is 0 Å². The van der Waals surface area contributed by atoms with Crippen molar-refractivity contribution in [1.82, 2.24) is 4.90 Å². The molecule has 0 aromatic carbocycles. The molecule has 1 aliphatic rings. The Bertz CT molecular complexity index is 363.